The zero-order chi connectivity index (χ0) is 18.1. The molecule has 0 saturated carbocycles. The Labute approximate surface area is 158 Å². The molecular weight excluding hydrogens is 344 g/mol. The summed E-state index contributed by atoms with van der Waals surface area (Å²) in [4.78, 5) is 31.1. The van der Waals surface area contributed by atoms with Crippen molar-refractivity contribution in [2.24, 2.45) is 5.92 Å². The molecule has 0 N–H and O–H groups in total. The Morgan fingerprint density at radius 3 is 2.46 bits per heavy atom. The summed E-state index contributed by atoms with van der Waals surface area (Å²) in [5.74, 6) is -0.103. The number of carbonyl (C=O) groups is 2. The standard InChI is InChI=1S/C21H24N2O2S/c1-15-7-9-16(10-8-15)23-19(24)14-17(20(23)18-6-5-13-26-18)21(25)22-11-3-2-4-12-22/h5-10,13,17,20H,2-4,11-12,14H2,1H3. The van der Waals surface area contributed by atoms with Crippen LogP contribution in [0.4, 0.5) is 5.69 Å². The van der Waals surface area contributed by atoms with Crippen LogP contribution in [0.15, 0.2) is 41.8 Å². The van der Waals surface area contributed by atoms with E-state index in [9.17, 15) is 9.59 Å². The summed E-state index contributed by atoms with van der Waals surface area (Å²) in [6, 6.07) is 11.9. The molecule has 2 amide bonds. The smallest absolute Gasteiger partial charge is 0.228 e. The van der Waals surface area contributed by atoms with Crippen LogP contribution >= 0.6 is 11.3 Å². The third-order valence-electron chi connectivity index (χ3n) is 5.45. The lowest BCUT2D eigenvalue weighted by molar-refractivity contribution is -0.137. The van der Waals surface area contributed by atoms with Gasteiger partial charge in [-0.2, -0.15) is 0 Å². The van der Waals surface area contributed by atoms with Crippen LogP contribution < -0.4 is 4.90 Å². The Kier molecular flexibility index (Phi) is 4.81. The average Bonchev–Trinajstić information content (AvgIpc) is 3.30. The Hall–Kier alpha value is -2.14. The van der Waals surface area contributed by atoms with E-state index in [0.717, 1.165) is 42.1 Å². The van der Waals surface area contributed by atoms with E-state index in [0.29, 0.717) is 6.42 Å². The average molecular weight is 369 g/mol. The van der Waals surface area contributed by atoms with Crippen LogP contribution in [0.1, 0.15) is 42.2 Å². The first-order chi connectivity index (χ1) is 12.6. The first kappa shape index (κ1) is 17.3. The Balaban J connectivity index is 1.69. The molecular formula is C21H24N2O2S. The first-order valence-corrected chi connectivity index (χ1v) is 10.2. The van der Waals surface area contributed by atoms with E-state index < -0.39 is 0 Å². The molecule has 0 radical (unpaired) electrons. The molecule has 0 bridgehead atoms. The van der Waals surface area contributed by atoms with Gasteiger partial charge >= 0.3 is 0 Å². The third-order valence-corrected chi connectivity index (χ3v) is 6.40. The van der Waals surface area contributed by atoms with Crippen molar-refractivity contribution in [1.29, 1.82) is 0 Å². The highest BCUT2D eigenvalue weighted by Crippen LogP contribution is 2.43. The number of piperidine rings is 1. The molecule has 2 saturated heterocycles. The Morgan fingerprint density at radius 2 is 1.81 bits per heavy atom. The number of rotatable bonds is 3. The van der Waals surface area contributed by atoms with Crippen molar-refractivity contribution in [2.45, 2.75) is 38.6 Å². The highest BCUT2D eigenvalue weighted by molar-refractivity contribution is 7.10. The van der Waals surface area contributed by atoms with Crippen LogP contribution in [-0.2, 0) is 9.59 Å². The predicted octanol–water partition coefficient (Wildman–Crippen LogP) is 4.16. The molecule has 26 heavy (non-hydrogen) atoms. The number of nitrogens with zero attached hydrogens (tertiary/aromatic N) is 2. The van der Waals surface area contributed by atoms with E-state index in [-0.39, 0.29) is 23.8 Å². The van der Waals surface area contributed by atoms with Crippen LogP contribution in [-0.4, -0.2) is 29.8 Å². The predicted molar refractivity (Wildman–Crippen MR) is 104 cm³/mol. The summed E-state index contributed by atoms with van der Waals surface area (Å²) in [6.45, 7) is 3.69. The minimum atomic E-state index is -0.291. The van der Waals surface area contributed by atoms with Crippen molar-refractivity contribution in [1.82, 2.24) is 4.90 Å². The number of thiophene rings is 1. The van der Waals surface area contributed by atoms with Crippen LogP contribution in [0.5, 0.6) is 0 Å². The Morgan fingerprint density at radius 1 is 1.08 bits per heavy atom. The molecule has 1 aromatic heterocycles. The zero-order valence-electron chi connectivity index (χ0n) is 15.1. The third kappa shape index (κ3) is 3.16. The van der Waals surface area contributed by atoms with E-state index in [1.54, 1.807) is 11.3 Å². The monoisotopic (exact) mass is 368 g/mol. The molecule has 4 nitrogen and oxygen atoms in total. The number of carbonyl (C=O) groups excluding carboxylic acids is 2. The number of hydrogen-bond acceptors (Lipinski definition) is 3. The van der Waals surface area contributed by atoms with Gasteiger partial charge in [0.15, 0.2) is 0 Å². The van der Waals surface area contributed by atoms with Gasteiger partial charge in [0.2, 0.25) is 11.8 Å². The number of anilines is 1. The molecule has 136 valence electrons. The van der Waals surface area contributed by atoms with E-state index in [1.165, 1.54) is 6.42 Å². The van der Waals surface area contributed by atoms with E-state index >= 15 is 0 Å². The van der Waals surface area contributed by atoms with Gasteiger partial charge in [-0.05, 0) is 49.8 Å². The van der Waals surface area contributed by atoms with Gasteiger partial charge in [-0.3, -0.25) is 9.59 Å². The normalized spacial score (nSPS) is 23.5. The van der Waals surface area contributed by atoms with Gasteiger partial charge < -0.3 is 9.80 Å². The van der Waals surface area contributed by atoms with E-state index in [1.807, 2.05) is 58.5 Å². The molecule has 1 aromatic carbocycles. The summed E-state index contributed by atoms with van der Waals surface area (Å²) in [5, 5.41) is 2.02. The van der Waals surface area contributed by atoms with Crippen molar-refractivity contribution < 1.29 is 9.59 Å². The summed E-state index contributed by atoms with van der Waals surface area (Å²) >= 11 is 1.63. The largest absolute Gasteiger partial charge is 0.342 e. The van der Waals surface area contributed by atoms with Gasteiger partial charge in [0.05, 0.1) is 12.0 Å². The van der Waals surface area contributed by atoms with Crippen molar-refractivity contribution in [2.75, 3.05) is 18.0 Å². The van der Waals surface area contributed by atoms with E-state index in [4.69, 9.17) is 0 Å². The molecule has 2 aliphatic heterocycles. The maximum atomic E-state index is 13.2. The second-order valence-electron chi connectivity index (χ2n) is 7.26. The second kappa shape index (κ2) is 7.23. The highest BCUT2D eigenvalue weighted by atomic mass is 32.1. The van der Waals surface area contributed by atoms with Gasteiger partial charge in [-0.1, -0.05) is 23.8 Å². The lowest BCUT2D eigenvalue weighted by Gasteiger charge is -2.32. The fourth-order valence-electron chi connectivity index (χ4n) is 4.10. The van der Waals surface area contributed by atoms with Gasteiger partial charge in [0.1, 0.15) is 0 Å². The maximum Gasteiger partial charge on any atom is 0.228 e. The van der Waals surface area contributed by atoms with Gasteiger partial charge in [-0.25, -0.2) is 0 Å². The number of benzene rings is 1. The Bertz CT molecular complexity index is 779. The van der Waals surface area contributed by atoms with Crippen molar-refractivity contribution in [3.8, 4) is 0 Å². The molecule has 2 aliphatic rings. The molecule has 2 unspecified atom stereocenters. The van der Waals surface area contributed by atoms with Crippen molar-refractivity contribution in [3.63, 3.8) is 0 Å². The van der Waals surface area contributed by atoms with Crippen LogP contribution in [0.3, 0.4) is 0 Å². The van der Waals surface area contributed by atoms with Crippen molar-refractivity contribution >= 4 is 28.8 Å². The lowest BCUT2D eigenvalue weighted by atomic mass is 9.95. The maximum absolute atomic E-state index is 13.2. The second-order valence-corrected chi connectivity index (χ2v) is 8.24. The molecule has 0 aliphatic carbocycles. The fraction of sp³-hybridized carbons (Fsp3) is 0.429. The van der Waals surface area contributed by atoms with Crippen molar-refractivity contribution in [3.05, 3.63) is 52.2 Å². The van der Waals surface area contributed by atoms with Gasteiger partial charge in [0, 0.05) is 30.1 Å². The molecule has 3 heterocycles. The number of hydrogen-bond donors (Lipinski definition) is 0. The zero-order valence-corrected chi connectivity index (χ0v) is 15.9. The van der Waals surface area contributed by atoms with Crippen LogP contribution in [0.2, 0.25) is 0 Å². The first-order valence-electron chi connectivity index (χ1n) is 9.36. The summed E-state index contributed by atoms with van der Waals surface area (Å²) in [7, 11) is 0. The van der Waals surface area contributed by atoms with Crippen LogP contribution in [0, 0.1) is 12.8 Å². The number of amides is 2. The summed E-state index contributed by atoms with van der Waals surface area (Å²) in [5.41, 5.74) is 2.04. The molecule has 2 fully saturated rings. The summed E-state index contributed by atoms with van der Waals surface area (Å²) in [6.07, 6.45) is 3.62. The minimum Gasteiger partial charge on any atom is -0.342 e. The van der Waals surface area contributed by atoms with Gasteiger partial charge in [0.25, 0.3) is 0 Å². The quantitative estimate of drug-likeness (QED) is 0.816. The molecule has 2 aromatic rings. The summed E-state index contributed by atoms with van der Waals surface area (Å²) < 4.78 is 0. The number of likely N-dealkylation sites (tertiary alicyclic amines) is 1. The van der Waals surface area contributed by atoms with Gasteiger partial charge in [-0.15, -0.1) is 11.3 Å². The SMILES string of the molecule is Cc1ccc(N2C(=O)CC(C(=O)N3CCCCC3)C2c2cccs2)cc1. The van der Waals surface area contributed by atoms with Crippen LogP contribution in [0.25, 0.3) is 0 Å². The van der Waals surface area contributed by atoms with E-state index in [2.05, 4.69) is 0 Å². The lowest BCUT2D eigenvalue weighted by Crippen LogP contribution is -2.41. The molecule has 2 atom stereocenters. The molecule has 4 rings (SSSR count). The molecule has 5 heteroatoms. The topological polar surface area (TPSA) is 40.6 Å². The highest BCUT2D eigenvalue weighted by Gasteiger charge is 2.47. The minimum absolute atomic E-state index is 0.0441. The molecule has 0 spiro atoms. The number of aryl methyl sites for hydroxylation is 1. The fourth-order valence-corrected chi connectivity index (χ4v) is 4.98.